The minimum Gasteiger partial charge on any atom is -0.399 e. The number of hydrogen-bond acceptors (Lipinski definition) is 3. The van der Waals surface area contributed by atoms with Gasteiger partial charge in [0.15, 0.2) is 0 Å². The number of halogens is 1. The van der Waals surface area contributed by atoms with Crippen molar-refractivity contribution in [2.45, 2.75) is 4.90 Å². The van der Waals surface area contributed by atoms with Crippen LogP contribution in [0.4, 0.5) is 11.4 Å². The standard InChI is InChI=1S/C14H13IN2OS/c15-10-4-6-12(7-5-10)17-14(18)9-19-13-3-1-2-11(16)8-13/h1-8H,9,16H2,(H,17,18). The Morgan fingerprint density at radius 2 is 1.95 bits per heavy atom. The zero-order chi connectivity index (χ0) is 13.7. The average molecular weight is 384 g/mol. The number of anilines is 2. The van der Waals surface area contributed by atoms with Crippen LogP contribution in [-0.4, -0.2) is 11.7 Å². The Labute approximate surface area is 130 Å². The molecule has 0 atom stereocenters. The second kappa shape index (κ2) is 6.81. The number of carbonyl (C=O) groups excluding carboxylic acids is 1. The van der Waals surface area contributed by atoms with Gasteiger partial charge in [-0.2, -0.15) is 0 Å². The van der Waals surface area contributed by atoms with Crippen LogP contribution in [0.2, 0.25) is 0 Å². The van der Waals surface area contributed by atoms with E-state index in [4.69, 9.17) is 5.73 Å². The van der Waals surface area contributed by atoms with Gasteiger partial charge >= 0.3 is 0 Å². The van der Waals surface area contributed by atoms with Crippen molar-refractivity contribution >= 4 is 51.6 Å². The SMILES string of the molecule is Nc1cccc(SCC(=O)Nc2ccc(I)cc2)c1. The fourth-order valence-corrected chi connectivity index (χ4v) is 2.61. The van der Waals surface area contributed by atoms with Crippen LogP contribution in [0.25, 0.3) is 0 Å². The summed E-state index contributed by atoms with van der Waals surface area (Å²) >= 11 is 3.70. The van der Waals surface area contributed by atoms with Crippen molar-refractivity contribution in [2.24, 2.45) is 0 Å². The van der Waals surface area contributed by atoms with E-state index in [1.54, 1.807) is 0 Å². The topological polar surface area (TPSA) is 55.1 Å². The zero-order valence-corrected chi connectivity index (χ0v) is 13.1. The number of carbonyl (C=O) groups is 1. The van der Waals surface area contributed by atoms with Crippen LogP contribution in [0.3, 0.4) is 0 Å². The van der Waals surface area contributed by atoms with E-state index in [1.807, 2.05) is 48.5 Å². The minimum atomic E-state index is -0.0198. The molecular formula is C14H13IN2OS. The van der Waals surface area contributed by atoms with Crippen molar-refractivity contribution in [2.75, 3.05) is 16.8 Å². The van der Waals surface area contributed by atoms with E-state index in [1.165, 1.54) is 11.8 Å². The first-order chi connectivity index (χ1) is 9.13. The molecule has 5 heteroatoms. The van der Waals surface area contributed by atoms with E-state index >= 15 is 0 Å². The largest absolute Gasteiger partial charge is 0.399 e. The molecular weight excluding hydrogens is 371 g/mol. The van der Waals surface area contributed by atoms with Crippen LogP contribution in [0.15, 0.2) is 53.4 Å². The van der Waals surface area contributed by atoms with Crippen LogP contribution in [0.1, 0.15) is 0 Å². The molecule has 0 aliphatic carbocycles. The monoisotopic (exact) mass is 384 g/mol. The van der Waals surface area contributed by atoms with Gasteiger partial charge in [0.1, 0.15) is 0 Å². The first-order valence-corrected chi connectivity index (χ1v) is 7.74. The van der Waals surface area contributed by atoms with Crippen LogP contribution >= 0.6 is 34.4 Å². The Bertz CT molecular complexity index is 572. The number of nitrogens with one attached hydrogen (secondary N) is 1. The van der Waals surface area contributed by atoms with Crippen molar-refractivity contribution in [3.63, 3.8) is 0 Å². The Balaban J connectivity index is 1.86. The molecule has 0 heterocycles. The van der Waals surface area contributed by atoms with Crippen LogP contribution in [0.5, 0.6) is 0 Å². The lowest BCUT2D eigenvalue weighted by Crippen LogP contribution is -2.13. The van der Waals surface area contributed by atoms with Crippen molar-refractivity contribution in [3.8, 4) is 0 Å². The third-order valence-electron chi connectivity index (χ3n) is 2.36. The highest BCUT2D eigenvalue weighted by Crippen LogP contribution is 2.20. The van der Waals surface area contributed by atoms with Crippen molar-refractivity contribution in [1.29, 1.82) is 0 Å². The maximum absolute atomic E-state index is 11.8. The van der Waals surface area contributed by atoms with Gasteiger partial charge < -0.3 is 11.1 Å². The number of benzene rings is 2. The molecule has 0 spiro atoms. The summed E-state index contributed by atoms with van der Waals surface area (Å²) in [6.45, 7) is 0. The summed E-state index contributed by atoms with van der Waals surface area (Å²) in [6.07, 6.45) is 0. The molecule has 0 aliphatic rings. The van der Waals surface area contributed by atoms with Crippen LogP contribution in [-0.2, 0) is 4.79 Å². The molecule has 0 aliphatic heterocycles. The Morgan fingerprint density at radius 1 is 1.21 bits per heavy atom. The van der Waals surface area contributed by atoms with Gasteiger partial charge in [0.25, 0.3) is 0 Å². The molecule has 2 aromatic rings. The Morgan fingerprint density at radius 3 is 2.63 bits per heavy atom. The second-order valence-corrected chi connectivity index (χ2v) is 6.21. The summed E-state index contributed by atoms with van der Waals surface area (Å²) in [6, 6.07) is 15.2. The maximum atomic E-state index is 11.8. The molecule has 0 saturated carbocycles. The third kappa shape index (κ3) is 4.76. The second-order valence-electron chi connectivity index (χ2n) is 3.92. The van der Waals surface area contributed by atoms with Crippen molar-refractivity contribution in [1.82, 2.24) is 0 Å². The highest BCUT2D eigenvalue weighted by atomic mass is 127. The van der Waals surface area contributed by atoms with E-state index < -0.39 is 0 Å². The predicted octanol–water partition coefficient (Wildman–Crippen LogP) is 3.60. The third-order valence-corrected chi connectivity index (χ3v) is 4.07. The van der Waals surface area contributed by atoms with Crippen molar-refractivity contribution in [3.05, 3.63) is 52.1 Å². The fourth-order valence-electron chi connectivity index (χ4n) is 1.48. The lowest BCUT2D eigenvalue weighted by Gasteiger charge is -2.05. The average Bonchev–Trinajstić information content (AvgIpc) is 2.39. The van der Waals surface area contributed by atoms with E-state index in [0.717, 1.165) is 14.2 Å². The predicted molar refractivity (Wildman–Crippen MR) is 89.4 cm³/mol. The van der Waals surface area contributed by atoms with Gasteiger partial charge in [-0.15, -0.1) is 11.8 Å². The highest BCUT2D eigenvalue weighted by molar-refractivity contribution is 14.1. The summed E-state index contributed by atoms with van der Waals surface area (Å²) in [4.78, 5) is 12.8. The van der Waals surface area contributed by atoms with Gasteiger partial charge in [0, 0.05) is 19.8 Å². The number of rotatable bonds is 4. The Kier molecular flexibility index (Phi) is 5.09. The van der Waals surface area contributed by atoms with E-state index in [-0.39, 0.29) is 5.91 Å². The molecule has 0 radical (unpaired) electrons. The summed E-state index contributed by atoms with van der Waals surface area (Å²) < 4.78 is 1.14. The van der Waals surface area contributed by atoms with Gasteiger partial charge in [-0.05, 0) is 65.1 Å². The molecule has 2 rings (SSSR count). The first-order valence-electron chi connectivity index (χ1n) is 5.67. The summed E-state index contributed by atoms with van der Waals surface area (Å²) in [7, 11) is 0. The van der Waals surface area contributed by atoms with Gasteiger partial charge in [-0.3, -0.25) is 4.79 Å². The smallest absolute Gasteiger partial charge is 0.234 e. The maximum Gasteiger partial charge on any atom is 0.234 e. The summed E-state index contributed by atoms with van der Waals surface area (Å²) in [5.74, 6) is 0.351. The van der Waals surface area contributed by atoms with Crippen LogP contribution in [0, 0.1) is 3.57 Å². The van der Waals surface area contributed by atoms with Gasteiger partial charge in [0.2, 0.25) is 5.91 Å². The molecule has 98 valence electrons. The lowest BCUT2D eigenvalue weighted by molar-refractivity contribution is -0.113. The molecule has 3 N–H and O–H groups in total. The highest BCUT2D eigenvalue weighted by Gasteiger charge is 2.03. The quantitative estimate of drug-likeness (QED) is 0.481. The molecule has 0 fully saturated rings. The summed E-state index contributed by atoms with van der Waals surface area (Å²) in [5, 5.41) is 2.86. The number of nitrogens with two attached hydrogens (primary N) is 1. The molecule has 0 aromatic heterocycles. The molecule has 0 bridgehead atoms. The minimum absolute atomic E-state index is 0.0198. The number of amides is 1. The van der Waals surface area contributed by atoms with Gasteiger partial charge in [-0.1, -0.05) is 6.07 Å². The van der Waals surface area contributed by atoms with E-state index in [2.05, 4.69) is 27.9 Å². The lowest BCUT2D eigenvalue weighted by atomic mass is 10.3. The molecule has 0 saturated heterocycles. The molecule has 2 aromatic carbocycles. The van der Waals surface area contributed by atoms with Gasteiger partial charge in [-0.25, -0.2) is 0 Å². The van der Waals surface area contributed by atoms with Crippen LogP contribution < -0.4 is 11.1 Å². The summed E-state index contributed by atoms with van der Waals surface area (Å²) in [5.41, 5.74) is 7.22. The first kappa shape index (κ1) is 14.2. The van der Waals surface area contributed by atoms with E-state index in [0.29, 0.717) is 11.4 Å². The zero-order valence-electron chi connectivity index (χ0n) is 10.1. The van der Waals surface area contributed by atoms with Crippen molar-refractivity contribution < 1.29 is 4.79 Å². The number of nitrogen functional groups attached to an aromatic ring is 1. The normalized spacial score (nSPS) is 10.2. The molecule has 1 amide bonds. The number of hydrogen-bond donors (Lipinski definition) is 2. The van der Waals surface area contributed by atoms with Gasteiger partial charge in [0.05, 0.1) is 5.75 Å². The molecule has 19 heavy (non-hydrogen) atoms. The molecule has 3 nitrogen and oxygen atoms in total. The Hall–Kier alpha value is -1.21. The van der Waals surface area contributed by atoms with E-state index in [9.17, 15) is 4.79 Å². The number of thioether (sulfide) groups is 1. The molecule has 0 unspecified atom stereocenters. The fraction of sp³-hybridized carbons (Fsp3) is 0.0714.